The van der Waals surface area contributed by atoms with Crippen LogP contribution in [0.4, 0.5) is 0 Å². The minimum absolute atomic E-state index is 0.0540. The maximum atomic E-state index is 11.7. The number of nitrogens with two attached hydrogens (primary N) is 1. The summed E-state index contributed by atoms with van der Waals surface area (Å²) in [6, 6.07) is -1.24. The summed E-state index contributed by atoms with van der Waals surface area (Å²) in [5, 5.41) is 8.94. The van der Waals surface area contributed by atoms with Gasteiger partial charge in [-0.25, -0.2) is 4.79 Å². The van der Waals surface area contributed by atoms with E-state index in [2.05, 4.69) is 4.74 Å². The molecule has 6 heteroatoms. The van der Waals surface area contributed by atoms with Gasteiger partial charge < -0.3 is 20.5 Å². The molecule has 0 radical (unpaired) electrons. The van der Waals surface area contributed by atoms with Crippen molar-refractivity contribution in [2.75, 3.05) is 26.3 Å². The van der Waals surface area contributed by atoms with E-state index in [-0.39, 0.29) is 19.1 Å². The van der Waals surface area contributed by atoms with Gasteiger partial charge in [-0.2, -0.15) is 0 Å². The van der Waals surface area contributed by atoms with Gasteiger partial charge in [0.1, 0.15) is 0 Å². The molecule has 2 unspecified atom stereocenters. The lowest BCUT2D eigenvalue weighted by Gasteiger charge is -2.19. The quantitative estimate of drug-likeness (QED) is 0.463. The lowest BCUT2D eigenvalue weighted by molar-refractivity contribution is -0.150. The van der Waals surface area contributed by atoms with Crippen molar-refractivity contribution < 1.29 is 19.4 Å². The molecule has 0 aromatic heterocycles. The van der Waals surface area contributed by atoms with Crippen LogP contribution in [0.3, 0.4) is 0 Å². The molecule has 16 heavy (non-hydrogen) atoms. The highest BCUT2D eigenvalue weighted by Gasteiger charge is 2.32. The average molecular weight is 230 g/mol. The molecule has 0 aromatic carbocycles. The van der Waals surface area contributed by atoms with Crippen LogP contribution >= 0.6 is 0 Å². The summed E-state index contributed by atoms with van der Waals surface area (Å²) in [4.78, 5) is 24.5. The second-order valence-corrected chi connectivity index (χ2v) is 3.85. The molecule has 1 heterocycles. The molecule has 1 aliphatic heterocycles. The van der Waals surface area contributed by atoms with Gasteiger partial charge >= 0.3 is 5.97 Å². The van der Waals surface area contributed by atoms with Crippen molar-refractivity contribution in [1.29, 1.82) is 0 Å². The number of aliphatic hydroxyl groups excluding tert-OH is 1. The molecule has 1 rings (SSSR count). The Hall–Kier alpha value is -1.14. The van der Waals surface area contributed by atoms with Crippen molar-refractivity contribution >= 4 is 11.9 Å². The molecule has 6 nitrogen and oxygen atoms in total. The van der Waals surface area contributed by atoms with Gasteiger partial charge in [-0.05, 0) is 13.3 Å². The first-order valence-electron chi connectivity index (χ1n) is 5.42. The number of hydrogen-bond acceptors (Lipinski definition) is 5. The molecule has 2 atom stereocenters. The zero-order chi connectivity index (χ0) is 12.1. The fraction of sp³-hybridized carbons (Fsp3) is 0.800. The average Bonchev–Trinajstić information content (AvgIpc) is 2.75. The standard InChI is InChI=1S/C10H18N2O4/c1-2-16-10(15)8(11)9(14)12-4-3-7(5-12)6-13/h7-8,13H,2-6,11H2,1H3. The third kappa shape index (κ3) is 2.93. The Morgan fingerprint density at radius 3 is 2.81 bits per heavy atom. The lowest BCUT2D eigenvalue weighted by atomic mass is 10.1. The van der Waals surface area contributed by atoms with Crippen molar-refractivity contribution in [3.63, 3.8) is 0 Å². The van der Waals surface area contributed by atoms with E-state index < -0.39 is 17.9 Å². The van der Waals surface area contributed by atoms with Crippen LogP contribution in [0.15, 0.2) is 0 Å². The van der Waals surface area contributed by atoms with E-state index in [4.69, 9.17) is 10.8 Å². The van der Waals surface area contributed by atoms with Crippen LogP contribution in [-0.2, 0) is 14.3 Å². The summed E-state index contributed by atoms with van der Waals surface area (Å²) < 4.78 is 4.68. The fourth-order valence-electron chi connectivity index (χ4n) is 1.71. The van der Waals surface area contributed by atoms with Crippen LogP contribution in [0.2, 0.25) is 0 Å². The number of aliphatic hydroxyl groups is 1. The number of rotatable bonds is 4. The highest BCUT2D eigenvalue weighted by atomic mass is 16.5. The van der Waals surface area contributed by atoms with E-state index in [0.29, 0.717) is 13.1 Å². The van der Waals surface area contributed by atoms with E-state index >= 15 is 0 Å². The molecule has 0 bridgehead atoms. The Morgan fingerprint density at radius 1 is 1.62 bits per heavy atom. The maximum absolute atomic E-state index is 11.7. The smallest absolute Gasteiger partial charge is 0.332 e. The van der Waals surface area contributed by atoms with Gasteiger partial charge in [0, 0.05) is 25.6 Å². The topological polar surface area (TPSA) is 92.9 Å². The second kappa shape index (κ2) is 5.81. The SMILES string of the molecule is CCOC(=O)C(N)C(=O)N1CCC(CO)C1. The van der Waals surface area contributed by atoms with Crippen LogP contribution in [0.5, 0.6) is 0 Å². The van der Waals surface area contributed by atoms with E-state index in [0.717, 1.165) is 6.42 Å². The van der Waals surface area contributed by atoms with E-state index in [9.17, 15) is 9.59 Å². The molecule has 1 saturated heterocycles. The molecule has 1 fully saturated rings. The molecule has 1 aliphatic rings. The van der Waals surface area contributed by atoms with Gasteiger partial charge in [0.2, 0.25) is 0 Å². The zero-order valence-corrected chi connectivity index (χ0v) is 9.39. The van der Waals surface area contributed by atoms with E-state index in [1.54, 1.807) is 6.92 Å². The number of likely N-dealkylation sites (tertiary alicyclic amines) is 1. The number of ether oxygens (including phenoxy) is 1. The first-order valence-corrected chi connectivity index (χ1v) is 5.42. The van der Waals surface area contributed by atoms with Gasteiger partial charge in [0.25, 0.3) is 5.91 Å². The fourth-order valence-corrected chi connectivity index (χ4v) is 1.71. The van der Waals surface area contributed by atoms with Crippen LogP contribution in [0.25, 0.3) is 0 Å². The Morgan fingerprint density at radius 2 is 2.31 bits per heavy atom. The zero-order valence-electron chi connectivity index (χ0n) is 9.39. The van der Waals surface area contributed by atoms with Crippen molar-refractivity contribution in [1.82, 2.24) is 4.90 Å². The Labute approximate surface area is 94.3 Å². The Bertz CT molecular complexity index is 270. The number of carbonyl (C=O) groups excluding carboxylic acids is 2. The number of esters is 1. The second-order valence-electron chi connectivity index (χ2n) is 3.85. The summed E-state index contributed by atoms with van der Waals surface area (Å²) in [6.07, 6.45) is 0.748. The monoisotopic (exact) mass is 230 g/mol. The van der Waals surface area contributed by atoms with Crippen LogP contribution < -0.4 is 5.73 Å². The minimum atomic E-state index is -1.24. The number of nitrogens with zero attached hydrogens (tertiary/aromatic N) is 1. The summed E-state index contributed by atoms with van der Waals surface area (Å²) in [6.45, 7) is 2.92. The normalized spacial score (nSPS) is 21.9. The van der Waals surface area contributed by atoms with Gasteiger partial charge in [0.15, 0.2) is 6.04 Å². The van der Waals surface area contributed by atoms with Crippen molar-refractivity contribution in [2.45, 2.75) is 19.4 Å². The summed E-state index contributed by atoms with van der Waals surface area (Å²) in [5.41, 5.74) is 5.49. The van der Waals surface area contributed by atoms with Crippen molar-refractivity contribution in [2.24, 2.45) is 11.7 Å². The number of hydrogen-bond donors (Lipinski definition) is 2. The van der Waals surface area contributed by atoms with Crippen LogP contribution in [0, 0.1) is 5.92 Å². The molecule has 0 aromatic rings. The predicted molar refractivity (Wildman–Crippen MR) is 56.4 cm³/mol. The molecule has 0 saturated carbocycles. The molecule has 0 spiro atoms. The maximum Gasteiger partial charge on any atom is 0.332 e. The first-order chi connectivity index (χ1) is 7.60. The van der Waals surface area contributed by atoms with E-state index in [1.807, 2.05) is 0 Å². The Balaban J connectivity index is 2.48. The molecular weight excluding hydrogens is 212 g/mol. The summed E-state index contributed by atoms with van der Waals surface area (Å²) in [7, 11) is 0. The molecule has 3 N–H and O–H groups in total. The third-order valence-electron chi connectivity index (χ3n) is 2.66. The number of carbonyl (C=O) groups is 2. The minimum Gasteiger partial charge on any atom is -0.464 e. The Kier molecular flexibility index (Phi) is 4.70. The molecule has 1 amide bonds. The van der Waals surface area contributed by atoms with Crippen LogP contribution in [-0.4, -0.2) is 54.2 Å². The van der Waals surface area contributed by atoms with Crippen molar-refractivity contribution in [3.05, 3.63) is 0 Å². The largest absolute Gasteiger partial charge is 0.464 e. The van der Waals surface area contributed by atoms with E-state index in [1.165, 1.54) is 4.90 Å². The summed E-state index contributed by atoms with van der Waals surface area (Å²) in [5.74, 6) is -1.02. The highest BCUT2D eigenvalue weighted by Crippen LogP contribution is 2.16. The van der Waals surface area contributed by atoms with Gasteiger partial charge in [0.05, 0.1) is 6.61 Å². The van der Waals surface area contributed by atoms with Gasteiger partial charge in [-0.1, -0.05) is 0 Å². The molecule has 0 aliphatic carbocycles. The lowest BCUT2D eigenvalue weighted by Crippen LogP contribution is -2.48. The highest BCUT2D eigenvalue weighted by molar-refractivity contribution is 6.01. The predicted octanol–water partition coefficient (Wildman–Crippen LogP) is -1.28. The molecular formula is C10H18N2O4. The number of amides is 1. The van der Waals surface area contributed by atoms with Gasteiger partial charge in [-0.3, -0.25) is 4.79 Å². The van der Waals surface area contributed by atoms with Crippen molar-refractivity contribution in [3.8, 4) is 0 Å². The summed E-state index contributed by atoms with van der Waals surface area (Å²) >= 11 is 0. The van der Waals surface area contributed by atoms with Gasteiger partial charge in [-0.15, -0.1) is 0 Å². The molecule has 92 valence electrons. The van der Waals surface area contributed by atoms with Crippen LogP contribution in [0.1, 0.15) is 13.3 Å². The first kappa shape index (κ1) is 12.9. The third-order valence-corrected chi connectivity index (χ3v) is 2.66.